The molecule has 1 N–H and O–H groups in total. The smallest absolute Gasteiger partial charge is 0.119 e. The van der Waals surface area contributed by atoms with Gasteiger partial charge in [-0.15, -0.1) is 12.4 Å². The molecular weight excluding hydrogens is 310 g/mol. The summed E-state index contributed by atoms with van der Waals surface area (Å²) in [6.07, 6.45) is 0.868. The van der Waals surface area contributed by atoms with Gasteiger partial charge < -0.3 is 14.7 Å². The number of β-amino-alcohol motifs (C(OH)–C–C–N with tert-alkyl or cyclic N) is 1. The molecule has 2 rings (SSSR count). The lowest BCUT2D eigenvalue weighted by Gasteiger charge is -2.35. The van der Waals surface area contributed by atoms with Gasteiger partial charge in [0.25, 0.3) is 0 Å². The number of aliphatic hydroxyl groups is 1. The molecule has 1 fully saturated rings. The van der Waals surface area contributed by atoms with E-state index < -0.39 is 6.10 Å². The molecule has 1 aliphatic rings. The summed E-state index contributed by atoms with van der Waals surface area (Å²) in [6, 6.07) is 8.18. The number of ether oxygens (including phenoxy) is 1. The summed E-state index contributed by atoms with van der Waals surface area (Å²) in [5.41, 5.74) is 1.31. The van der Waals surface area contributed by atoms with Crippen molar-refractivity contribution in [2.24, 2.45) is 11.8 Å². The van der Waals surface area contributed by atoms with Crippen molar-refractivity contribution in [2.45, 2.75) is 46.1 Å². The van der Waals surface area contributed by atoms with Crippen molar-refractivity contribution in [3.8, 4) is 5.75 Å². The van der Waals surface area contributed by atoms with Crippen molar-refractivity contribution >= 4 is 12.4 Å². The molecule has 0 saturated carbocycles. The standard InChI is InChI=1S/C19H31NO2.ClH/c1-14(2)17-5-7-19(8-6-17)22-13-18(21)12-20-10-15(3)9-16(4)11-20;/h5-8,14-16,18,21H,9-13H2,1-4H3;1H. The van der Waals surface area contributed by atoms with Crippen LogP contribution in [0.3, 0.4) is 0 Å². The minimum absolute atomic E-state index is 0. The summed E-state index contributed by atoms with van der Waals surface area (Å²) in [4.78, 5) is 2.37. The predicted molar refractivity (Wildman–Crippen MR) is 98.7 cm³/mol. The summed E-state index contributed by atoms with van der Waals surface area (Å²) in [5, 5.41) is 10.2. The fourth-order valence-corrected chi connectivity index (χ4v) is 3.43. The van der Waals surface area contributed by atoms with Gasteiger partial charge in [0.2, 0.25) is 0 Å². The largest absolute Gasteiger partial charge is 0.491 e. The Hall–Kier alpha value is -0.770. The lowest BCUT2D eigenvalue weighted by atomic mass is 9.92. The third-order valence-corrected chi connectivity index (χ3v) is 4.40. The first-order valence-corrected chi connectivity index (χ1v) is 8.57. The summed E-state index contributed by atoms with van der Waals surface area (Å²) in [7, 11) is 0. The Bertz CT molecular complexity index is 439. The molecule has 0 aliphatic carbocycles. The van der Waals surface area contributed by atoms with Gasteiger partial charge in [0.15, 0.2) is 0 Å². The van der Waals surface area contributed by atoms with E-state index >= 15 is 0 Å². The van der Waals surface area contributed by atoms with Crippen molar-refractivity contribution in [3.05, 3.63) is 29.8 Å². The number of benzene rings is 1. The lowest BCUT2D eigenvalue weighted by Crippen LogP contribution is -2.43. The van der Waals surface area contributed by atoms with E-state index in [0.717, 1.165) is 30.7 Å². The first kappa shape index (κ1) is 20.3. The van der Waals surface area contributed by atoms with Crippen LogP contribution in [0.15, 0.2) is 24.3 Å². The maximum atomic E-state index is 10.2. The van der Waals surface area contributed by atoms with E-state index in [1.807, 2.05) is 12.1 Å². The van der Waals surface area contributed by atoms with Gasteiger partial charge in [0.05, 0.1) is 0 Å². The molecule has 0 bridgehead atoms. The molecule has 132 valence electrons. The molecule has 0 aromatic heterocycles. The molecule has 3 unspecified atom stereocenters. The van der Waals surface area contributed by atoms with Crippen molar-refractivity contribution in [3.63, 3.8) is 0 Å². The second kappa shape index (κ2) is 9.51. The molecule has 1 heterocycles. The monoisotopic (exact) mass is 341 g/mol. The van der Waals surface area contributed by atoms with Crippen LogP contribution in [0.2, 0.25) is 0 Å². The molecule has 0 amide bonds. The third-order valence-electron chi connectivity index (χ3n) is 4.40. The van der Waals surface area contributed by atoms with Crippen molar-refractivity contribution in [1.82, 2.24) is 4.90 Å². The second-order valence-corrected chi connectivity index (χ2v) is 7.35. The van der Waals surface area contributed by atoms with Crippen LogP contribution < -0.4 is 4.74 Å². The molecule has 1 aromatic rings. The van der Waals surface area contributed by atoms with Crippen LogP contribution in [0.1, 0.15) is 45.6 Å². The van der Waals surface area contributed by atoms with E-state index in [0.29, 0.717) is 19.1 Å². The van der Waals surface area contributed by atoms with Gasteiger partial charge in [0, 0.05) is 19.6 Å². The Kier molecular flexibility index (Phi) is 8.38. The Balaban J connectivity index is 0.00000264. The maximum absolute atomic E-state index is 10.2. The van der Waals surface area contributed by atoms with Crippen LogP contribution in [0, 0.1) is 11.8 Å². The number of hydrogen-bond donors (Lipinski definition) is 1. The summed E-state index contributed by atoms with van der Waals surface area (Å²) >= 11 is 0. The highest BCUT2D eigenvalue weighted by atomic mass is 35.5. The van der Waals surface area contributed by atoms with E-state index in [9.17, 15) is 5.11 Å². The van der Waals surface area contributed by atoms with E-state index in [4.69, 9.17) is 4.74 Å². The molecule has 3 atom stereocenters. The molecule has 1 saturated heterocycles. The highest BCUT2D eigenvalue weighted by Crippen LogP contribution is 2.21. The highest BCUT2D eigenvalue weighted by molar-refractivity contribution is 5.85. The van der Waals surface area contributed by atoms with Crippen molar-refractivity contribution < 1.29 is 9.84 Å². The topological polar surface area (TPSA) is 32.7 Å². The first-order chi connectivity index (χ1) is 10.4. The number of hydrogen-bond acceptors (Lipinski definition) is 3. The molecule has 4 heteroatoms. The molecule has 23 heavy (non-hydrogen) atoms. The van der Waals surface area contributed by atoms with Crippen molar-refractivity contribution in [2.75, 3.05) is 26.2 Å². The van der Waals surface area contributed by atoms with Crippen LogP contribution in [-0.4, -0.2) is 42.4 Å². The van der Waals surface area contributed by atoms with E-state index in [2.05, 4.69) is 44.7 Å². The Morgan fingerprint density at radius 1 is 1.13 bits per heavy atom. The number of likely N-dealkylation sites (tertiary alicyclic amines) is 1. The SMILES string of the molecule is CC1CC(C)CN(CC(O)COc2ccc(C(C)C)cc2)C1.Cl. The maximum Gasteiger partial charge on any atom is 0.119 e. The fraction of sp³-hybridized carbons (Fsp3) is 0.684. The van der Waals surface area contributed by atoms with Gasteiger partial charge in [-0.25, -0.2) is 0 Å². The average Bonchev–Trinajstić information content (AvgIpc) is 2.44. The van der Waals surface area contributed by atoms with Gasteiger partial charge in [-0.1, -0.05) is 39.8 Å². The molecule has 0 spiro atoms. The number of piperidine rings is 1. The van der Waals surface area contributed by atoms with E-state index in [1.54, 1.807) is 0 Å². The first-order valence-electron chi connectivity index (χ1n) is 8.57. The van der Waals surface area contributed by atoms with E-state index in [1.165, 1.54) is 12.0 Å². The number of rotatable bonds is 6. The summed E-state index contributed by atoms with van der Waals surface area (Å²) in [5.74, 6) is 2.81. The number of aliphatic hydroxyl groups excluding tert-OH is 1. The normalized spacial score (nSPS) is 23.4. The molecule has 1 aliphatic heterocycles. The molecular formula is C19H32ClNO2. The Labute approximate surface area is 147 Å². The zero-order valence-electron chi connectivity index (χ0n) is 14.9. The third kappa shape index (κ3) is 6.70. The predicted octanol–water partition coefficient (Wildman–Crippen LogP) is 3.95. The van der Waals surface area contributed by atoms with Gasteiger partial charge in [-0.2, -0.15) is 0 Å². The van der Waals surface area contributed by atoms with Crippen LogP contribution in [0.5, 0.6) is 5.75 Å². The molecule has 1 aromatic carbocycles. The lowest BCUT2D eigenvalue weighted by molar-refractivity contribution is 0.0429. The number of nitrogens with zero attached hydrogens (tertiary/aromatic N) is 1. The Morgan fingerprint density at radius 3 is 2.22 bits per heavy atom. The second-order valence-electron chi connectivity index (χ2n) is 7.35. The molecule has 0 radical (unpaired) electrons. The van der Waals surface area contributed by atoms with E-state index in [-0.39, 0.29) is 12.4 Å². The van der Waals surface area contributed by atoms with Gasteiger partial charge >= 0.3 is 0 Å². The molecule has 3 nitrogen and oxygen atoms in total. The number of halogens is 1. The summed E-state index contributed by atoms with van der Waals surface area (Å²) in [6.45, 7) is 12.2. The zero-order valence-corrected chi connectivity index (χ0v) is 15.7. The van der Waals surface area contributed by atoms with Gasteiger partial charge in [0.1, 0.15) is 18.5 Å². The van der Waals surface area contributed by atoms with Crippen LogP contribution in [0.4, 0.5) is 0 Å². The zero-order chi connectivity index (χ0) is 16.1. The Morgan fingerprint density at radius 2 is 1.70 bits per heavy atom. The minimum atomic E-state index is -0.428. The highest BCUT2D eigenvalue weighted by Gasteiger charge is 2.23. The van der Waals surface area contributed by atoms with Crippen molar-refractivity contribution in [1.29, 1.82) is 0 Å². The van der Waals surface area contributed by atoms with Crippen LogP contribution in [0.25, 0.3) is 0 Å². The quantitative estimate of drug-likeness (QED) is 0.850. The minimum Gasteiger partial charge on any atom is -0.491 e. The van der Waals surface area contributed by atoms with Crippen LogP contribution >= 0.6 is 12.4 Å². The van der Waals surface area contributed by atoms with Gasteiger partial charge in [-0.3, -0.25) is 0 Å². The average molecular weight is 342 g/mol. The summed E-state index contributed by atoms with van der Waals surface area (Å²) < 4.78 is 5.72. The van der Waals surface area contributed by atoms with Gasteiger partial charge in [-0.05, 0) is 41.9 Å². The van der Waals surface area contributed by atoms with Crippen LogP contribution in [-0.2, 0) is 0 Å². The fourth-order valence-electron chi connectivity index (χ4n) is 3.43.